The first-order valence-electron chi connectivity index (χ1n) is 3.31. The molecule has 0 saturated carbocycles. The Labute approximate surface area is 68.1 Å². The van der Waals surface area contributed by atoms with Gasteiger partial charge in [-0.2, -0.15) is 0 Å². The second-order valence-electron chi connectivity index (χ2n) is 2.21. The van der Waals surface area contributed by atoms with Crippen LogP contribution in [0.1, 0.15) is 5.56 Å². The number of nitrogens with one attached hydrogen (secondary N) is 1. The summed E-state index contributed by atoms with van der Waals surface area (Å²) in [4.78, 5) is 9.78. The molecular formula is C7H6N2O3. The summed E-state index contributed by atoms with van der Waals surface area (Å²) in [6.07, 6.45) is 1.27. The maximum absolute atomic E-state index is 8.30. The molecule has 0 bridgehead atoms. The van der Waals surface area contributed by atoms with E-state index in [1.54, 1.807) is 18.2 Å². The summed E-state index contributed by atoms with van der Waals surface area (Å²) < 4.78 is 0. The van der Waals surface area contributed by atoms with E-state index in [2.05, 4.69) is 10.8 Å². The summed E-state index contributed by atoms with van der Waals surface area (Å²) in [7, 11) is 0. The summed E-state index contributed by atoms with van der Waals surface area (Å²) in [5.74, 6) is 1.10. The first-order chi connectivity index (χ1) is 5.92. The Bertz CT molecular complexity index is 324. The van der Waals surface area contributed by atoms with E-state index in [0.717, 1.165) is 0 Å². The van der Waals surface area contributed by atoms with Crippen molar-refractivity contribution in [2.24, 2.45) is 5.16 Å². The maximum atomic E-state index is 8.30. The molecule has 62 valence electrons. The number of para-hydroxylation sites is 1. The minimum atomic E-state index is 0.523. The molecule has 0 radical (unpaired) electrons. The number of fused-ring (bicyclic) bond motifs is 1. The van der Waals surface area contributed by atoms with Crippen LogP contribution < -0.4 is 15.3 Å². The topological polar surface area (TPSA) is 63.1 Å². The fraction of sp³-hybridized carbons (Fsp3) is 0. The fourth-order valence-electron chi connectivity index (χ4n) is 0.994. The molecule has 0 unspecified atom stereocenters. The van der Waals surface area contributed by atoms with Crippen LogP contribution in [0.2, 0.25) is 0 Å². The molecule has 1 aliphatic heterocycles. The Balaban J connectivity index is 2.49. The van der Waals surface area contributed by atoms with Gasteiger partial charge < -0.3 is 14.9 Å². The molecule has 0 spiro atoms. The van der Waals surface area contributed by atoms with Gasteiger partial charge >= 0.3 is 0 Å². The zero-order valence-electron chi connectivity index (χ0n) is 6.02. The lowest BCUT2D eigenvalue weighted by molar-refractivity contribution is 0.0259. The zero-order chi connectivity index (χ0) is 8.39. The minimum absolute atomic E-state index is 0.523. The molecule has 2 rings (SSSR count). The number of hydrogen-bond acceptors (Lipinski definition) is 5. The van der Waals surface area contributed by atoms with Crippen LogP contribution in [0.4, 0.5) is 0 Å². The molecule has 2 N–H and O–H groups in total. The van der Waals surface area contributed by atoms with Crippen LogP contribution in [0.25, 0.3) is 0 Å². The minimum Gasteiger partial charge on any atom is -0.411 e. The zero-order valence-corrected chi connectivity index (χ0v) is 6.02. The van der Waals surface area contributed by atoms with E-state index in [0.29, 0.717) is 17.1 Å². The van der Waals surface area contributed by atoms with Crippen molar-refractivity contribution in [2.45, 2.75) is 0 Å². The van der Waals surface area contributed by atoms with E-state index < -0.39 is 0 Å². The van der Waals surface area contributed by atoms with E-state index in [4.69, 9.17) is 14.9 Å². The second kappa shape index (κ2) is 2.71. The van der Waals surface area contributed by atoms with Crippen LogP contribution in [0, 0.1) is 0 Å². The monoisotopic (exact) mass is 166 g/mol. The highest BCUT2D eigenvalue weighted by molar-refractivity contribution is 5.84. The van der Waals surface area contributed by atoms with Crippen molar-refractivity contribution in [3.05, 3.63) is 23.8 Å². The summed E-state index contributed by atoms with van der Waals surface area (Å²) in [5.41, 5.74) is 2.90. The molecule has 1 heterocycles. The average Bonchev–Trinajstić information content (AvgIpc) is 2.53. The van der Waals surface area contributed by atoms with Gasteiger partial charge in [0.05, 0.1) is 6.21 Å². The Hall–Kier alpha value is -1.75. The van der Waals surface area contributed by atoms with Crippen LogP contribution in [-0.2, 0) is 0 Å². The average molecular weight is 166 g/mol. The maximum Gasteiger partial charge on any atom is 0.204 e. The highest BCUT2D eigenvalue weighted by Crippen LogP contribution is 2.32. The van der Waals surface area contributed by atoms with E-state index in [9.17, 15) is 0 Å². The third-order valence-electron chi connectivity index (χ3n) is 1.50. The number of nitrogens with zero attached hydrogens (tertiary/aromatic N) is 1. The molecule has 1 aromatic rings. The Kier molecular flexibility index (Phi) is 1.56. The van der Waals surface area contributed by atoms with Crippen molar-refractivity contribution in [3.8, 4) is 11.5 Å². The third kappa shape index (κ3) is 0.960. The molecular weight excluding hydrogens is 160 g/mol. The number of hydrogen-bond donors (Lipinski definition) is 2. The van der Waals surface area contributed by atoms with Crippen LogP contribution >= 0.6 is 0 Å². The highest BCUT2D eigenvalue weighted by Gasteiger charge is 2.16. The predicted octanol–water partition coefficient (Wildman–Crippen LogP) is 0.685. The van der Waals surface area contributed by atoms with Crippen LogP contribution in [0.3, 0.4) is 0 Å². The molecule has 12 heavy (non-hydrogen) atoms. The van der Waals surface area contributed by atoms with E-state index in [1.165, 1.54) is 6.21 Å². The molecule has 1 aliphatic rings. The summed E-state index contributed by atoms with van der Waals surface area (Å²) in [5, 5.41) is 11.2. The smallest absolute Gasteiger partial charge is 0.204 e. The quantitative estimate of drug-likeness (QED) is 0.366. The van der Waals surface area contributed by atoms with Crippen molar-refractivity contribution in [3.63, 3.8) is 0 Å². The van der Waals surface area contributed by atoms with Gasteiger partial charge in [0.15, 0.2) is 5.75 Å². The van der Waals surface area contributed by atoms with Crippen LogP contribution in [0.5, 0.6) is 11.5 Å². The van der Waals surface area contributed by atoms with Gasteiger partial charge in [0.2, 0.25) is 5.75 Å². The van der Waals surface area contributed by atoms with Gasteiger partial charge in [-0.1, -0.05) is 11.2 Å². The molecule has 0 amide bonds. The SMILES string of the molecule is ON=Cc1cccc2c1ONO2. The number of rotatable bonds is 1. The Morgan fingerprint density at radius 2 is 2.33 bits per heavy atom. The van der Waals surface area contributed by atoms with Crippen molar-refractivity contribution >= 4 is 6.21 Å². The van der Waals surface area contributed by atoms with Crippen molar-refractivity contribution in [2.75, 3.05) is 0 Å². The molecule has 0 atom stereocenters. The summed E-state index contributed by atoms with van der Waals surface area (Å²) in [6.45, 7) is 0. The van der Waals surface area contributed by atoms with E-state index >= 15 is 0 Å². The molecule has 0 fully saturated rings. The van der Waals surface area contributed by atoms with Gasteiger partial charge in [0.25, 0.3) is 0 Å². The first-order valence-corrected chi connectivity index (χ1v) is 3.31. The molecule has 0 saturated heterocycles. The number of benzene rings is 1. The lowest BCUT2D eigenvalue weighted by atomic mass is 10.2. The molecule has 5 heteroatoms. The largest absolute Gasteiger partial charge is 0.411 e. The third-order valence-corrected chi connectivity index (χ3v) is 1.50. The van der Waals surface area contributed by atoms with Gasteiger partial charge in [-0.15, -0.1) is 0 Å². The predicted molar refractivity (Wildman–Crippen MR) is 40.2 cm³/mol. The lowest BCUT2D eigenvalue weighted by Crippen LogP contribution is -2.14. The van der Waals surface area contributed by atoms with Gasteiger partial charge in [0, 0.05) is 11.2 Å². The van der Waals surface area contributed by atoms with Gasteiger partial charge in [-0.05, 0) is 12.1 Å². The Morgan fingerprint density at radius 3 is 3.17 bits per heavy atom. The summed E-state index contributed by atoms with van der Waals surface area (Å²) >= 11 is 0. The normalized spacial score (nSPS) is 14.0. The Morgan fingerprint density at radius 1 is 1.42 bits per heavy atom. The highest BCUT2D eigenvalue weighted by atomic mass is 16.9. The van der Waals surface area contributed by atoms with Crippen LogP contribution in [0.15, 0.2) is 23.4 Å². The van der Waals surface area contributed by atoms with E-state index in [-0.39, 0.29) is 0 Å². The van der Waals surface area contributed by atoms with E-state index in [1.807, 2.05) is 0 Å². The van der Waals surface area contributed by atoms with Gasteiger partial charge in [-0.3, -0.25) is 0 Å². The molecule has 5 nitrogen and oxygen atoms in total. The standard InChI is InChI=1S/C7H6N2O3/c10-8-4-5-2-1-3-6-7(5)12-9-11-6/h1-4,9-10H. The molecule has 1 aromatic carbocycles. The van der Waals surface area contributed by atoms with Crippen molar-refractivity contribution in [1.29, 1.82) is 0 Å². The van der Waals surface area contributed by atoms with Crippen molar-refractivity contribution < 1.29 is 14.9 Å². The van der Waals surface area contributed by atoms with Crippen molar-refractivity contribution in [1.82, 2.24) is 5.64 Å². The van der Waals surface area contributed by atoms with Gasteiger partial charge in [-0.25, -0.2) is 0 Å². The molecule has 0 aromatic heterocycles. The second-order valence-corrected chi connectivity index (χ2v) is 2.21. The van der Waals surface area contributed by atoms with Crippen LogP contribution in [-0.4, -0.2) is 11.4 Å². The summed E-state index contributed by atoms with van der Waals surface area (Å²) in [6, 6.07) is 5.26. The lowest BCUT2D eigenvalue weighted by Gasteiger charge is -1.95. The number of oxime groups is 1. The fourth-order valence-corrected chi connectivity index (χ4v) is 0.994. The van der Waals surface area contributed by atoms with Gasteiger partial charge in [0.1, 0.15) is 0 Å². The molecule has 0 aliphatic carbocycles. The first kappa shape index (κ1) is 6.93.